The third kappa shape index (κ3) is 6.37. The van der Waals surface area contributed by atoms with E-state index in [1.807, 2.05) is 4.57 Å². The molecule has 8 atom stereocenters. The number of carbonyl (C=O) groups is 1. The molecule has 40 heavy (non-hydrogen) atoms. The molecule has 1 aromatic rings. The number of hydrogen-bond donors (Lipinski definition) is 8. The molecule has 9 N–H and O–H groups in total. The van der Waals surface area contributed by atoms with Crippen LogP contribution in [0.1, 0.15) is 37.5 Å². The average Bonchev–Trinajstić information content (AvgIpc) is 3.57. The lowest BCUT2D eigenvalue weighted by atomic mass is 10.1. The van der Waals surface area contributed by atoms with Gasteiger partial charge in [0, 0.05) is 31.3 Å². The fourth-order valence-corrected chi connectivity index (χ4v) is 6.24. The van der Waals surface area contributed by atoms with Crippen molar-refractivity contribution < 1.29 is 43.5 Å². The van der Waals surface area contributed by atoms with Crippen LogP contribution in [0, 0.1) is 5.92 Å². The first kappa shape index (κ1) is 30.5. The number of aliphatic imine (C=N–C) groups is 1. The second-order valence-corrected chi connectivity index (χ2v) is 12.4. The lowest BCUT2D eigenvalue weighted by Gasteiger charge is -2.32. The van der Waals surface area contributed by atoms with E-state index in [1.165, 1.54) is 19.4 Å². The first-order valence-corrected chi connectivity index (χ1v) is 15.1. The molecule has 2 aliphatic heterocycles. The van der Waals surface area contributed by atoms with Crippen LogP contribution in [0.4, 0.5) is 10.6 Å². The van der Waals surface area contributed by atoms with E-state index in [2.05, 4.69) is 27.5 Å². The summed E-state index contributed by atoms with van der Waals surface area (Å²) in [5.74, 6) is -0.0911. The number of thiol groups is 1. The Bertz CT molecular complexity index is 1160. The summed E-state index contributed by atoms with van der Waals surface area (Å²) in [5, 5.41) is 32.5. The van der Waals surface area contributed by atoms with Crippen molar-refractivity contribution in [3.63, 3.8) is 0 Å². The summed E-state index contributed by atoms with van der Waals surface area (Å²) in [7, 11) is -2.56. The molecule has 5 unspecified atom stereocenters. The van der Waals surface area contributed by atoms with Crippen LogP contribution < -0.4 is 16.8 Å². The van der Waals surface area contributed by atoms with Crippen molar-refractivity contribution in [3.8, 4) is 0 Å². The number of amides is 2. The number of imidazole rings is 1. The molecule has 0 saturated heterocycles. The number of aliphatic hydroxyl groups excluding tert-OH is 3. The van der Waals surface area contributed by atoms with Crippen molar-refractivity contribution in [3.05, 3.63) is 35.8 Å². The van der Waals surface area contributed by atoms with Gasteiger partial charge in [-0.3, -0.25) is 9.42 Å². The highest BCUT2D eigenvalue weighted by Gasteiger charge is 2.52. The Morgan fingerprint density at radius 1 is 1.43 bits per heavy atom. The summed E-state index contributed by atoms with van der Waals surface area (Å²) in [4.78, 5) is 32.9. The van der Waals surface area contributed by atoms with Crippen LogP contribution >= 0.6 is 19.4 Å². The van der Waals surface area contributed by atoms with Crippen LogP contribution in [0.5, 0.6) is 0 Å². The van der Waals surface area contributed by atoms with Crippen LogP contribution in [0.15, 0.2) is 35.1 Å². The number of carbonyl (C=O) groups excluding carboxylic acids is 1. The lowest BCUT2D eigenvalue weighted by molar-refractivity contribution is -0.0524. The van der Waals surface area contributed by atoms with Crippen molar-refractivity contribution in [1.82, 2.24) is 19.8 Å². The minimum absolute atomic E-state index is 0.0979. The number of nitrogens with zero attached hydrogens (tertiary/aromatic N) is 4. The van der Waals surface area contributed by atoms with E-state index in [9.17, 15) is 25.0 Å². The molecule has 1 aliphatic carbocycles. The van der Waals surface area contributed by atoms with Gasteiger partial charge in [0.2, 0.25) is 12.0 Å². The number of nitrogens with one attached hydrogen (secondary N) is 1. The molecule has 0 bridgehead atoms. The molecule has 1 fully saturated rings. The van der Waals surface area contributed by atoms with Crippen molar-refractivity contribution in [2.24, 2.45) is 22.4 Å². The predicted octanol–water partition coefficient (Wildman–Crippen LogP) is -0.101. The summed E-state index contributed by atoms with van der Waals surface area (Å²) in [6.07, 6.45) is 2.10. The lowest BCUT2D eigenvalue weighted by Crippen LogP contribution is -2.53. The van der Waals surface area contributed by atoms with Gasteiger partial charge in [-0.05, 0) is 25.8 Å². The first-order chi connectivity index (χ1) is 19.0. The summed E-state index contributed by atoms with van der Waals surface area (Å²) in [6.45, 7) is 1.05. The van der Waals surface area contributed by atoms with Gasteiger partial charge in [-0.15, -0.1) is 0 Å². The van der Waals surface area contributed by atoms with E-state index in [0.29, 0.717) is 24.4 Å². The molecule has 3 heterocycles. The van der Waals surface area contributed by atoms with Crippen LogP contribution in [0.3, 0.4) is 0 Å². The van der Waals surface area contributed by atoms with Crippen molar-refractivity contribution in [1.29, 1.82) is 0 Å². The van der Waals surface area contributed by atoms with E-state index < -0.39 is 50.4 Å². The Kier molecular flexibility index (Phi) is 9.59. The SMILES string of the molecule is COC1C(O[P+](O)(S)OC[C@H]2C[C@@H](n3cnc(C(C)N)c3N=CN)CC2O)=C(CO)O[C@H]1N1C=CC(O)NC1=O. The zero-order valence-electron chi connectivity index (χ0n) is 21.8. The van der Waals surface area contributed by atoms with Gasteiger partial charge in [0.1, 0.15) is 37.4 Å². The molecule has 222 valence electrons. The van der Waals surface area contributed by atoms with Crippen LogP contribution in [-0.2, 0) is 18.5 Å². The van der Waals surface area contributed by atoms with Gasteiger partial charge in [0.05, 0.1) is 18.8 Å². The minimum Gasteiger partial charge on any atom is -0.465 e. The molecule has 1 aromatic heterocycles. The molecular weight excluding hydrogens is 569 g/mol. The first-order valence-electron chi connectivity index (χ1n) is 12.4. The number of methoxy groups -OCH3 is 1. The normalized spacial score (nSPS) is 31.0. The smallest absolute Gasteiger partial charge is 0.465 e. The predicted molar refractivity (Wildman–Crippen MR) is 145 cm³/mol. The molecular formula is C22H35N7O9PS+. The Morgan fingerprint density at radius 3 is 2.80 bits per heavy atom. The number of rotatable bonds is 11. The quantitative estimate of drug-likeness (QED) is 0.0716. The van der Waals surface area contributed by atoms with Crippen molar-refractivity contribution in [2.75, 3.05) is 20.3 Å². The largest absolute Gasteiger partial charge is 0.519 e. The van der Waals surface area contributed by atoms with Gasteiger partial charge in [-0.2, -0.15) is 9.42 Å². The van der Waals surface area contributed by atoms with E-state index in [4.69, 9.17) is 30.0 Å². The van der Waals surface area contributed by atoms with Gasteiger partial charge in [-0.1, -0.05) is 0 Å². The molecule has 0 spiro atoms. The second-order valence-electron chi connectivity index (χ2n) is 9.51. The Labute approximate surface area is 236 Å². The fraction of sp³-hybridized carbons (Fsp3) is 0.591. The summed E-state index contributed by atoms with van der Waals surface area (Å²) in [6, 6.07) is -1.22. The van der Waals surface area contributed by atoms with Gasteiger partial charge < -0.3 is 46.1 Å². The summed E-state index contributed by atoms with van der Waals surface area (Å²) < 4.78 is 24.3. The molecule has 2 amide bonds. The zero-order valence-corrected chi connectivity index (χ0v) is 23.6. The van der Waals surface area contributed by atoms with Crippen LogP contribution in [0.2, 0.25) is 0 Å². The topological polar surface area (TPSA) is 232 Å². The molecule has 16 nitrogen and oxygen atoms in total. The highest BCUT2D eigenvalue weighted by Crippen LogP contribution is 2.64. The summed E-state index contributed by atoms with van der Waals surface area (Å²) in [5.41, 5.74) is 12.1. The average molecular weight is 605 g/mol. The van der Waals surface area contributed by atoms with E-state index in [-0.39, 0.29) is 30.2 Å². The van der Waals surface area contributed by atoms with Crippen LogP contribution in [0.25, 0.3) is 0 Å². The molecule has 18 heteroatoms. The molecule has 0 aromatic carbocycles. The molecule has 4 rings (SSSR count). The Balaban J connectivity index is 1.42. The van der Waals surface area contributed by atoms with E-state index in [1.54, 1.807) is 13.3 Å². The van der Waals surface area contributed by atoms with Crippen LogP contribution in [-0.4, -0.2) is 92.0 Å². The second kappa shape index (κ2) is 12.6. The van der Waals surface area contributed by atoms with E-state index in [0.717, 1.165) is 11.2 Å². The number of hydrogen-bond acceptors (Lipinski definition) is 13. The van der Waals surface area contributed by atoms with Crippen molar-refractivity contribution >= 4 is 37.6 Å². The number of nitrogens with two attached hydrogens (primary N) is 2. The third-order valence-electron chi connectivity index (χ3n) is 6.78. The number of aliphatic hydroxyl groups is 3. The third-order valence-corrected chi connectivity index (χ3v) is 8.30. The summed E-state index contributed by atoms with van der Waals surface area (Å²) >= 11 is 4.18. The number of aromatic nitrogens is 2. The molecule has 3 aliphatic rings. The Morgan fingerprint density at radius 2 is 2.17 bits per heavy atom. The van der Waals surface area contributed by atoms with Gasteiger partial charge in [0.15, 0.2) is 17.7 Å². The standard InChI is InChI=1S/C22H34N7O9PS/c1-11(24)17-20(25-9-23)29(10-26-17)13-5-12(14(31)6-13)8-36-39(34,40)38-18-15(7-30)37-21(19(18)35-2)28-4-3-16(32)27-22(28)33/h3-4,9-14,16,19,21,30-32,34,40H,5-8,24H2,1-2H3,(H2-,23,25,27,33)/p+1/t11?,12-,13-,14?,16?,19?,21-,39?/m1/s1. The maximum Gasteiger partial charge on any atom is 0.519 e. The van der Waals surface area contributed by atoms with Crippen molar-refractivity contribution in [2.45, 2.75) is 56.5 Å². The highest BCUT2D eigenvalue weighted by molar-refractivity contribution is 8.47. The Hall–Kier alpha value is -2.47. The maximum atomic E-state index is 12.4. The van der Waals surface area contributed by atoms with E-state index >= 15 is 0 Å². The van der Waals surface area contributed by atoms with Gasteiger partial charge in [0.25, 0.3) is 0 Å². The monoisotopic (exact) mass is 604 g/mol. The molecule has 0 radical (unpaired) electrons. The van der Waals surface area contributed by atoms with Gasteiger partial charge >= 0.3 is 13.2 Å². The highest BCUT2D eigenvalue weighted by atomic mass is 32.7. The fourth-order valence-electron chi connectivity index (χ4n) is 4.88. The minimum atomic E-state index is -3.88. The number of ether oxygens (including phenoxy) is 2. The maximum absolute atomic E-state index is 12.4. The molecule has 1 saturated carbocycles. The number of urea groups is 1. The zero-order chi connectivity index (χ0) is 29.2. The van der Waals surface area contributed by atoms with Gasteiger partial charge in [-0.25, -0.2) is 14.8 Å².